The first-order valence-corrected chi connectivity index (χ1v) is 6.92. The summed E-state index contributed by atoms with van der Waals surface area (Å²) in [6.45, 7) is 2.33. The van der Waals surface area contributed by atoms with Gasteiger partial charge in [-0.05, 0) is 43.3 Å². The Morgan fingerprint density at radius 2 is 1.77 bits per heavy atom. The van der Waals surface area contributed by atoms with Crippen LogP contribution in [0.15, 0.2) is 48.8 Å². The van der Waals surface area contributed by atoms with Crippen LogP contribution in [0.2, 0.25) is 0 Å². The van der Waals surface area contributed by atoms with Crippen LogP contribution in [0, 0.1) is 0 Å². The third kappa shape index (κ3) is 5.06. The van der Waals surface area contributed by atoms with E-state index >= 15 is 0 Å². The molecule has 22 heavy (non-hydrogen) atoms. The number of nitrogens with zero attached hydrogens (tertiary/aromatic N) is 1. The fourth-order valence-corrected chi connectivity index (χ4v) is 1.83. The van der Waals surface area contributed by atoms with Crippen molar-refractivity contribution in [1.82, 2.24) is 10.3 Å². The molecule has 1 atom stereocenters. The quantitative estimate of drug-likeness (QED) is 0.860. The Morgan fingerprint density at radius 3 is 2.41 bits per heavy atom. The summed E-state index contributed by atoms with van der Waals surface area (Å²) >= 11 is 0. The Hall–Kier alpha value is -2.60. The fourth-order valence-electron chi connectivity index (χ4n) is 1.83. The van der Waals surface area contributed by atoms with Crippen molar-refractivity contribution in [2.45, 2.75) is 13.0 Å². The molecule has 0 bridgehead atoms. The van der Waals surface area contributed by atoms with Crippen LogP contribution < -0.4 is 15.4 Å². The number of pyridine rings is 1. The molecule has 6 nitrogen and oxygen atoms in total. The summed E-state index contributed by atoms with van der Waals surface area (Å²) in [5, 5.41) is 5.52. The molecule has 2 amide bonds. The van der Waals surface area contributed by atoms with Crippen molar-refractivity contribution in [3.8, 4) is 11.5 Å². The van der Waals surface area contributed by atoms with E-state index in [0.29, 0.717) is 23.8 Å². The number of benzene rings is 1. The van der Waals surface area contributed by atoms with Gasteiger partial charge in [0.05, 0.1) is 12.6 Å². The van der Waals surface area contributed by atoms with Crippen molar-refractivity contribution in [2.24, 2.45) is 0 Å². The van der Waals surface area contributed by atoms with E-state index < -0.39 is 0 Å². The van der Waals surface area contributed by atoms with Crippen molar-refractivity contribution in [2.75, 3.05) is 19.0 Å². The first kappa shape index (κ1) is 15.8. The van der Waals surface area contributed by atoms with Gasteiger partial charge in [0.1, 0.15) is 11.5 Å². The summed E-state index contributed by atoms with van der Waals surface area (Å²) in [5.74, 6) is 1.40. The lowest BCUT2D eigenvalue weighted by Gasteiger charge is -2.13. The molecule has 1 aromatic heterocycles. The predicted molar refractivity (Wildman–Crippen MR) is 84.2 cm³/mol. The topological polar surface area (TPSA) is 72.5 Å². The molecule has 0 aliphatic carbocycles. The summed E-state index contributed by atoms with van der Waals surface area (Å²) < 4.78 is 10.6. The minimum Gasteiger partial charge on any atom is -0.457 e. The maximum atomic E-state index is 11.8. The smallest absolute Gasteiger partial charge is 0.319 e. The minimum absolute atomic E-state index is 0.0562. The van der Waals surface area contributed by atoms with Crippen molar-refractivity contribution in [3.63, 3.8) is 0 Å². The van der Waals surface area contributed by atoms with Crippen LogP contribution in [0.4, 0.5) is 10.5 Å². The van der Waals surface area contributed by atoms with Gasteiger partial charge in [-0.15, -0.1) is 0 Å². The minimum atomic E-state index is -0.271. The molecule has 1 heterocycles. The molecule has 2 aromatic rings. The highest BCUT2D eigenvalue weighted by Crippen LogP contribution is 2.22. The maximum absolute atomic E-state index is 11.8. The number of carbonyl (C=O) groups is 1. The van der Waals surface area contributed by atoms with Gasteiger partial charge in [0, 0.05) is 25.2 Å². The maximum Gasteiger partial charge on any atom is 0.319 e. The van der Waals surface area contributed by atoms with Crippen molar-refractivity contribution >= 4 is 11.7 Å². The zero-order valence-corrected chi connectivity index (χ0v) is 12.6. The number of rotatable bonds is 6. The zero-order valence-electron chi connectivity index (χ0n) is 12.6. The summed E-state index contributed by atoms with van der Waals surface area (Å²) in [4.78, 5) is 15.7. The molecular formula is C16H19N3O3. The number of urea groups is 1. The highest BCUT2D eigenvalue weighted by Gasteiger charge is 2.07. The number of hydrogen-bond acceptors (Lipinski definition) is 4. The van der Waals surface area contributed by atoms with E-state index in [1.165, 1.54) is 0 Å². The van der Waals surface area contributed by atoms with E-state index in [0.717, 1.165) is 0 Å². The first-order chi connectivity index (χ1) is 10.7. The Balaban J connectivity index is 1.88. The number of anilines is 1. The summed E-state index contributed by atoms with van der Waals surface area (Å²) in [6, 6.07) is 10.3. The molecule has 0 saturated heterocycles. The van der Waals surface area contributed by atoms with Gasteiger partial charge in [0.2, 0.25) is 0 Å². The van der Waals surface area contributed by atoms with E-state index in [-0.39, 0.29) is 12.1 Å². The molecule has 0 spiro atoms. The van der Waals surface area contributed by atoms with E-state index in [1.54, 1.807) is 55.9 Å². The zero-order chi connectivity index (χ0) is 15.8. The molecule has 0 fully saturated rings. The second-order valence-electron chi connectivity index (χ2n) is 4.76. The Bertz CT molecular complexity index is 587. The third-order valence-corrected chi connectivity index (χ3v) is 2.79. The number of nitrogens with one attached hydrogen (secondary N) is 2. The standard InChI is InChI=1S/C16H19N3O3/c1-12(11-21-2)18-16(20)19-13-3-5-14(6-4-13)22-15-7-9-17-10-8-15/h3-10,12H,11H2,1-2H3,(H2,18,19,20)/t12-/m0/s1. The third-order valence-electron chi connectivity index (χ3n) is 2.79. The van der Waals surface area contributed by atoms with Crippen molar-refractivity contribution < 1.29 is 14.3 Å². The lowest BCUT2D eigenvalue weighted by molar-refractivity contribution is 0.173. The lowest BCUT2D eigenvalue weighted by Crippen LogP contribution is -2.38. The largest absolute Gasteiger partial charge is 0.457 e. The fraction of sp³-hybridized carbons (Fsp3) is 0.250. The number of ether oxygens (including phenoxy) is 2. The normalized spacial score (nSPS) is 11.5. The van der Waals surface area contributed by atoms with Gasteiger partial charge in [0.15, 0.2) is 0 Å². The number of hydrogen-bond donors (Lipinski definition) is 2. The summed E-state index contributed by atoms with van der Waals surface area (Å²) in [7, 11) is 1.59. The average molecular weight is 301 g/mol. The number of methoxy groups -OCH3 is 1. The molecule has 2 rings (SSSR count). The molecule has 2 N–H and O–H groups in total. The van der Waals surface area contributed by atoms with Crippen LogP contribution in [-0.4, -0.2) is 30.8 Å². The van der Waals surface area contributed by atoms with Gasteiger partial charge in [-0.3, -0.25) is 4.98 Å². The summed E-state index contributed by atoms with van der Waals surface area (Å²) in [6.07, 6.45) is 3.33. The number of carbonyl (C=O) groups excluding carboxylic acids is 1. The van der Waals surface area contributed by atoms with Gasteiger partial charge >= 0.3 is 6.03 Å². The van der Waals surface area contributed by atoms with Crippen molar-refractivity contribution in [3.05, 3.63) is 48.8 Å². The monoisotopic (exact) mass is 301 g/mol. The molecule has 0 saturated carbocycles. The molecule has 0 radical (unpaired) electrons. The van der Waals surface area contributed by atoms with Gasteiger partial charge in [-0.25, -0.2) is 4.79 Å². The second kappa shape index (κ2) is 7.99. The SMILES string of the molecule is COC[C@H](C)NC(=O)Nc1ccc(Oc2ccncc2)cc1. The summed E-state index contributed by atoms with van der Waals surface area (Å²) in [5.41, 5.74) is 0.684. The van der Waals surface area contributed by atoms with Gasteiger partial charge < -0.3 is 20.1 Å². The number of aromatic nitrogens is 1. The van der Waals surface area contributed by atoms with Crippen molar-refractivity contribution in [1.29, 1.82) is 0 Å². The van der Waals surface area contributed by atoms with Crippen LogP contribution in [0.1, 0.15) is 6.92 Å². The molecule has 0 aliphatic rings. The molecule has 0 unspecified atom stereocenters. The van der Waals surface area contributed by atoms with Crippen LogP contribution in [0.5, 0.6) is 11.5 Å². The van der Waals surface area contributed by atoms with E-state index in [2.05, 4.69) is 15.6 Å². The molecule has 6 heteroatoms. The Labute approximate surface area is 129 Å². The molecule has 0 aliphatic heterocycles. The average Bonchev–Trinajstić information content (AvgIpc) is 2.50. The Kier molecular flexibility index (Phi) is 5.73. The lowest BCUT2D eigenvalue weighted by atomic mass is 10.3. The van der Waals surface area contributed by atoms with Gasteiger partial charge in [0.25, 0.3) is 0 Å². The van der Waals surface area contributed by atoms with Crippen LogP contribution in [0.25, 0.3) is 0 Å². The van der Waals surface area contributed by atoms with Crippen LogP contribution >= 0.6 is 0 Å². The van der Waals surface area contributed by atoms with E-state index in [1.807, 2.05) is 6.92 Å². The van der Waals surface area contributed by atoms with Gasteiger partial charge in [-0.2, -0.15) is 0 Å². The predicted octanol–water partition coefficient (Wildman–Crippen LogP) is 3.03. The number of amides is 2. The van der Waals surface area contributed by atoms with E-state index in [9.17, 15) is 4.79 Å². The Morgan fingerprint density at radius 1 is 1.14 bits per heavy atom. The second-order valence-corrected chi connectivity index (χ2v) is 4.76. The first-order valence-electron chi connectivity index (χ1n) is 6.92. The van der Waals surface area contributed by atoms with Gasteiger partial charge in [-0.1, -0.05) is 0 Å². The highest BCUT2D eigenvalue weighted by molar-refractivity contribution is 5.89. The molecule has 1 aromatic carbocycles. The highest BCUT2D eigenvalue weighted by atomic mass is 16.5. The van der Waals surface area contributed by atoms with Crippen LogP contribution in [-0.2, 0) is 4.74 Å². The van der Waals surface area contributed by atoms with E-state index in [4.69, 9.17) is 9.47 Å². The molecule has 116 valence electrons. The van der Waals surface area contributed by atoms with Crippen LogP contribution in [0.3, 0.4) is 0 Å². The molecular weight excluding hydrogens is 282 g/mol.